The lowest BCUT2D eigenvalue weighted by Crippen LogP contribution is -2.53. The van der Waals surface area contributed by atoms with E-state index in [0.29, 0.717) is 55.6 Å². The van der Waals surface area contributed by atoms with Crippen molar-refractivity contribution >= 4 is 91.6 Å². The average Bonchev–Trinajstić information content (AvgIpc) is 1.57. The van der Waals surface area contributed by atoms with Gasteiger partial charge in [0.15, 0.2) is 15.6 Å². The summed E-state index contributed by atoms with van der Waals surface area (Å²) in [5.41, 5.74) is 3.92. The number of carbonyl (C=O) groups is 8. The summed E-state index contributed by atoms with van der Waals surface area (Å²) in [7, 11) is 1.51. The minimum atomic E-state index is -4.18. The number of likely N-dealkylation sites (N-methyl/N-ethyl adjacent to an activating group) is 1. The van der Waals surface area contributed by atoms with Gasteiger partial charge in [-0.3, -0.25) is 28.8 Å². The van der Waals surface area contributed by atoms with E-state index in [9.17, 15) is 51.9 Å². The molecule has 3 heterocycles. The Hall–Kier alpha value is -6.39. The zero-order valence-electron chi connectivity index (χ0n) is 53.5. The van der Waals surface area contributed by atoms with Crippen molar-refractivity contribution in [1.29, 1.82) is 0 Å². The van der Waals surface area contributed by atoms with Crippen LogP contribution in [0.15, 0.2) is 59.0 Å². The molecule has 10 atom stereocenters. The number of hydrogen-bond acceptors (Lipinski definition) is 19. The van der Waals surface area contributed by atoms with Crippen LogP contribution in [0.4, 0.5) is 10.5 Å². The van der Waals surface area contributed by atoms with Crippen LogP contribution < -0.4 is 31.3 Å². The van der Waals surface area contributed by atoms with Crippen molar-refractivity contribution in [3.8, 4) is 5.75 Å². The number of rotatable bonds is 28. The molecular weight excluding hydrogens is 1230 g/mol. The van der Waals surface area contributed by atoms with Gasteiger partial charge in [0.2, 0.25) is 11.8 Å². The van der Waals surface area contributed by atoms with Crippen LogP contribution in [0.25, 0.3) is 0 Å². The quantitative estimate of drug-likeness (QED) is 0.0319. The lowest BCUT2D eigenvalue weighted by atomic mass is 9.78. The number of nitrogens with zero attached hydrogens (tertiary/aromatic N) is 2. The Bertz CT molecular complexity index is 3140. The molecule has 4 bridgehead atoms. The highest BCUT2D eigenvalue weighted by Crippen LogP contribution is 2.50. The highest BCUT2D eigenvalue weighted by molar-refractivity contribution is 7.90. The first kappa shape index (κ1) is 74.3. The topological polar surface area (TPSA) is 327 Å². The number of primary amides is 1. The number of epoxide rings is 1. The SMILES string of the molecule is COc1cc2cc(c1Cl)N(C)C(=O)C[C@H](OC(=O)[C@H](C)N(C)C(=O)c1ccc(CC(=O)[C@H](CCCNC(N)=O)NC(=O)[C@@H](CC(=S)NCCOCCOCCC(C)=O)C(C)C)c(S(C)(=O)=O)c1)[C@]1(C)O[C@H]1[C@H](C)[C@@H]1C[C@@](O)(CC(=O)O1)[C@H](OC)/C=C/C=C(\C)C2. The van der Waals surface area contributed by atoms with Gasteiger partial charge in [-0.1, -0.05) is 74.5 Å². The number of nitrogens with one attached hydrogen (secondary N) is 3. The van der Waals surface area contributed by atoms with Gasteiger partial charge in [-0.05, 0) is 88.3 Å². The van der Waals surface area contributed by atoms with Crippen LogP contribution in [0.2, 0.25) is 5.02 Å². The predicted octanol–water partition coefficient (Wildman–Crippen LogP) is 5.12. The Labute approximate surface area is 537 Å². The van der Waals surface area contributed by atoms with Crippen LogP contribution in [0.3, 0.4) is 0 Å². The van der Waals surface area contributed by atoms with Crippen molar-refractivity contribution in [2.24, 2.45) is 23.5 Å². The van der Waals surface area contributed by atoms with Crippen LogP contribution in [0, 0.1) is 17.8 Å². The molecule has 0 aliphatic carbocycles. The van der Waals surface area contributed by atoms with Crippen molar-refractivity contribution in [2.45, 2.75) is 159 Å². The molecule has 2 aromatic rings. The summed E-state index contributed by atoms with van der Waals surface area (Å²) < 4.78 is 67.8. The van der Waals surface area contributed by atoms with E-state index in [1.807, 2.05) is 26.8 Å². The van der Waals surface area contributed by atoms with E-state index in [4.69, 9.17) is 62.7 Å². The summed E-state index contributed by atoms with van der Waals surface area (Å²) in [6.07, 6.45) is 1.80. The molecule has 2 aromatic carbocycles. The van der Waals surface area contributed by atoms with E-state index in [2.05, 4.69) is 16.0 Å². The third-order valence-corrected chi connectivity index (χ3v) is 18.4. The van der Waals surface area contributed by atoms with Crippen molar-refractivity contribution in [3.63, 3.8) is 0 Å². The van der Waals surface area contributed by atoms with Crippen LogP contribution >= 0.6 is 23.8 Å². The molecule has 5 amide bonds. The smallest absolute Gasteiger partial charge is 0.328 e. The number of methoxy groups -OCH3 is 2. The minimum Gasteiger partial charge on any atom is -0.495 e. The minimum absolute atomic E-state index is 0.0124. The van der Waals surface area contributed by atoms with E-state index in [1.165, 1.54) is 59.2 Å². The number of amides is 5. The second-order valence-corrected chi connectivity index (χ2v) is 26.8. The fourth-order valence-electron chi connectivity index (χ4n) is 10.9. The molecule has 498 valence electrons. The molecule has 0 spiro atoms. The maximum atomic E-state index is 14.6. The zero-order valence-corrected chi connectivity index (χ0v) is 55.9. The van der Waals surface area contributed by atoms with E-state index < -0.39 is 124 Å². The summed E-state index contributed by atoms with van der Waals surface area (Å²) in [5, 5.41) is 20.6. The molecule has 2 saturated heterocycles. The van der Waals surface area contributed by atoms with Crippen LogP contribution in [0.1, 0.15) is 115 Å². The molecule has 90 heavy (non-hydrogen) atoms. The maximum absolute atomic E-state index is 14.6. The first-order valence-electron chi connectivity index (χ1n) is 29.9. The fourth-order valence-corrected chi connectivity index (χ4v) is 12.5. The Morgan fingerprint density at radius 2 is 1.70 bits per heavy atom. The second-order valence-electron chi connectivity index (χ2n) is 23.9. The highest BCUT2D eigenvalue weighted by atomic mass is 35.5. The van der Waals surface area contributed by atoms with Crippen LogP contribution in [-0.2, 0) is 79.9 Å². The molecule has 3 aliphatic heterocycles. The normalized spacial score (nSPS) is 24.0. The molecule has 0 radical (unpaired) electrons. The van der Waals surface area contributed by atoms with Gasteiger partial charge >= 0.3 is 18.0 Å². The standard InChI is InChI=1S/C63H89ClN6O18S2/c1-36(2)44(32-53(89)66-22-24-85-26-25-84-23-20-38(4)71)58(75)68-45(16-14-21-67-61(65)78)47(72)30-42-18-19-43(31-50(42)90(12,80)81)59(76)69(8)40(6)60(77)87-52-33-54(73)70(9)46-28-41(29-48(82-10)56(46)64)27-37(3)15-13-17-51(83-11)63(79)34-49(86-55(74)35-63)39(5)57-62(52,7)88-57/h13,15,17-19,28-29,31,36,39-40,44-45,49,51-52,57,79H,14,16,20-27,30,32-35H2,1-12H3,(H,66,89)(H,68,75)(H3,65,67,78)/b17-13+,37-15+/t39-,40+,44+,45+,49+,51-,52+,57+,62+,63-/m1/s1. The number of thiocarbonyl (C=S) groups is 1. The number of urea groups is 1. The number of carbonyl (C=O) groups excluding carboxylic acids is 8. The van der Waals surface area contributed by atoms with Gasteiger partial charge in [0, 0.05) is 83.6 Å². The van der Waals surface area contributed by atoms with Gasteiger partial charge in [0.1, 0.15) is 52.1 Å². The molecule has 5 rings (SSSR count). The molecule has 0 unspecified atom stereocenters. The third-order valence-electron chi connectivity index (χ3n) is 16.5. The van der Waals surface area contributed by atoms with Gasteiger partial charge < -0.3 is 69.7 Å². The molecule has 0 aromatic heterocycles. The van der Waals surface area contributed by atoms with Gasteiger partial charge in [-0.25, -0.2) is 18.0 Å². The number of nitrogens with two attached hydrogens (primary N) is 1. The number of aliphatic hydroxyl groups is 1. The Morgan fingerprint density at radius 3 is 2.33 bits per heavy atom. The number of benzene rings is 2. The number of ether oxygens (including phenoxy) is 7. The maximum Gasteiger partial charge on any atom is 0.328 e. The second kappa shape index (κ2) is 33.3. The van der Waals surface area contributed by atoms with E-state index in [0.717, 1.165) is 28.4 Å². The molecule has 2 fully saturated rings. The van der Waals surface area contributed by atoms with Gasteiger partial charge in [-0.2, -0.15) is 0 Å². The summed E-state index contributed by atoms with van der Waals surface area (Å²) in [4.78, 5) is 110. The largest absolute Gasteiger partial charge is 0.495 e. The number of sulfone groups is 1. The first-order valence-corrected chi connectivity index (χ1v) is 32.6. The third kappa shape index (κ3) is 20.6. The lowest BCUT2D eigenvalue weighted by Gasteiger charge is -2.41. The monoisotopic (exact) mass is 1320 g/mol. The van der Waals surface area contributed by atoms with Crippen molar-refractivity contribution in [1.82, 2.24) is 20.9 Å². The summed E-state index contributed by atoms with van der Waals surface area (Å²) in [5.74, 6) is -5.36. The number of allylic oxidation sites excluding steroid dienone is 3. The van der Waals surface area contributed by atoms with Crippen molar-refractivity contribution in [3.05, 3.63) is 75.8 Å². The number of anilines is 1. The Kier molecular flexibility index (Phi) is 27.5. The predicted molar refractivity (Wildman–Crippen MR) is 339 cm³/mol. The molecule has 24 nitrogen and oxygen atoms in total. The number of halogens is 1. The summed E-state index contributed by atoms with van der Waals surface area (Å²) >= 11 is 12.4. The Balaban J connectivity index is 1.37. The van der Waals surface area contributed by atoms with E-state index >= 15 is 0 Å². The number of ketones is 2. The number of hydrogen-bond donors (Lipinski definition) is 5. The van der Waals surface area contributed by atoms with E-state index in [-0.39, 0.29) is 78.0 Å². The molecule has 3 aliphatic rings. The Morgan fingerprint density at radius 1 is 1.01 bits per heavy atom. The molecule has 6 N–H and O–H groups in total. The summed E-state index contributed by atoms with van der Waals surface area (Å²) in [6, 6.07) is 3.85. The molecular formula is C63H89ClN6O18S2. The highest BCUT2D eigenvalue weighted by Gasteiger charge is 2.64. The number of Topliss-reactive ketones (excluding diaryl/α,β-unsaturated/α-hetero) is 2. The van der Waals surface area contributed by atoms with Gasteiger partial charge in [0.05, 0.1) is 74.1 Å². The van der Waals surface area contributed by atoms with Crippen molar-refractivity contribution < 1.29 is 85.0 Å². The average molecular weight is 1320 g/mol. The fraction of sp³-hybridized carbons (Fsp3) is 0.603. The summed E-state index contributed by atoms with van der Waals surface area (Å²) in [6.45, 7) is 13.4. The van der Waals surface area contributed by atoms with Crippen LogP contribution in [-0.4, -0.2) is 192 Å². The first-order chi connectivity index (χ1) is 42.2. The van der Waals surface area contributed by atoms with Gasteiger partial charge in [0.25, 0.3) is 5.91 Å². The molecule has 27 heteroatoms. The molecule has 0 saturated carbocycles. The van der Waals surface area contributed by atoms with E-state index in [1.54, 1.807) is 38.1 Å². The van der Waals surface area contributed by atoms with Crippen molar-refractivity contribution in [2.75, 3.05) is 79.0 Å². The van der Waals surface area contributed by atoms with Crippen LogP contribution in [0.5, 0.6) is 5.75 Å². The van der Waals surface area contributed by atoms with Gasteiger partial charge in [-0.15, -0.1) is 0 Å². The zero-order chi connectivity index (χ0) is 67.0. The number of esters is 2. The lowest BCUT2D eigenvalue weighted by molar-refractivity contribution is -0.187. The number of fused-ring (bicyclic) bond motifs is 5.